The second-order valence-electron chi connectivity index (χ2n) is 4.88. The number of carbonyl (C=O) groups excluding carboxylic acids is 1. The third-order valence-electron chi connectivity index (χ3n) is 3.48. The molecule has 0 N–H and O–H groups in total. The summed E-state index contributed by atoms with van der Waals surface area (Å²) in [4.78, 5) is 14.1. The van der Waals surface area contributed by atoms with Crippen molar-refractivity contribution < 1.29 is 13.6 Å². The largest absolute Gasteiger partial charge is 0.755 e. The Labute approximate surface area is 143 Å². The summed E-state index contributed by atoms with van der Waals surface area (Å²) < 4.78 is 24.2. The van der Waals surface area contributed by atoms with Gasteiger partial charge >= 0.3 is 0 Å². The van der Waals surface area contributed by atoms with Crippen LogP contribution in [-0.4, -0.2) is 32.7 Å². The Morgan fingerprint density at radius 1 is 1.22 bits per heavy atom. The molecule has 23 heavy (non-hydrogen) atoms. The van der Waals surface area contributed by atoms with Crippen LogP contribution in [0.5, 0.6) is 0 Å². The van der Waals surface area contributed by atoms with Gasteiger partial charge in [-0.15, -0.1) is 11.3 Å². The van der Waals surface area contributed by atoms with E-state index >= 15 is 0 Å². The third-order valence-corrected chi connectivity index (χ3v) is 5.18. The van der Waals surface area contributed by atoms with Crippen molar-refractivity contribution in [2.45, 2.75) is 20.4 Å². The van der Waals surface area contributed by atoms with Gasteiger partial charge in [-0.25, -0.2) is 0 Å². The predicted molar refractivity (Wildman–Crippen MR) is 93.1 cm³/mol. The Hall–Kier alpha value is -1.70. The van der Waals surface area contributed by atoms with Gasteiger partial charge in [-0.3, -0.25) is 13.3 Å². The summed E-state index contributed by atoms with van der Waals surface area (Å²) in [5.74, 6) is -0.0391. The highest BCUT2D eigenvalue weighted by Crippen LogP contribution is 2.24. The minimum atomic E-state index is -2.36. The second kappa shape index (κ2) is 8.24. The van der Waals surface area contributed by atoms with E-state index < -0.39 is 11.3 Å². The molecule has 0 saturated heterocycles. The lowest BCUT2D eigenvalue weighted by atomic mass is 10.1. The summed E-state index contributed by atoms with van der Waals surface area (Å²) in [5, 5.41) is 2.48. The second-order valence-corrected chi connectivity index (χ2v) is 6.68. The number of rotatable bonds is 7. The molecule has 0 fully saturated rings. The van der Waals surface area contributed by atoms with Gasteiger partial charge in [0.25, 0.3) is 5.91 Å². The molecular formula is C16H19N2O3S2-. The summed E-state index contributed by atoms with van der Waals surface area (Å²) in [6.45, 7) is 5.36. The van der Waals surface area contributed by atoms with E-state index in [1.165, 1.54) is 15.6 Å². The molecular weight excluding hydrogens is 332 g/mol. The molecule has 1 amide bonds. The molecule has 2 rings (SSSR count). The van der Waals surface area contributed by atoms with E-state index in [1.54, 1.807) is 35.2 Å². The van der Waals surface area contributed by atoms with Crippen molar-refractivity contribution in [2.75, 3.05) is 17.4 Å². The highest BCUT2D eigenvalue weighted by molar-refractivity contribution is 7.80. The van der Waals surface area contributed by atoms with E-state index in [1.807, 2.05) is 25.3 Å². The van der Waals surface area contributed by atoms with Gasteiger partial charge in [-0.2, -0.15) is 0 Å². The molecule has 7 heteroatoms. The van der Waals surface area contributed by atoms with Crippen LogP contribution in [0.1, 0.15) is 29.8 Å². The first kappa shape index (κ1) is 17.7. The molecule has 0 saturated carbocycles. The smallest absolute Gasteiger partial charge is 0.253 e. The van der Waals surface area contributed by atoms with Crippen LogP contribution < -0.4 is 4.31 Å². The molecule has 0 aliphatic carbocycles. The summed E-state index contributed by atoms with van der Waals surface area (Å²) in [6.07, 6.45) is 0. The zero-order chi connectivity index (χ0) is 16.8. The number of anilines is 1. The Morgan fingerprint density at radius 2 is 1.96 bits per heavy atom. The summed E-state index contributed by atoms with van der Waals surface area (Å²) in [6, 6.07) is 10.7. The average Bonchev–Trinajstić information content (AvgIpc) is 3.07. The lowest BCUT2D eigenvalue weighted by molar-refractivity contribution is 0.0773. The van der Waals surface area contributed by atoms with E-state index in [0.29, 0.717) is 23.7 Å². The van der Waals surface area contributed by atoms with Crippen LogP contribution >= 0.6 is 11.3 Å². The number of nitrogens with zero attached hydrogens (tertiary/aromatic N) is 2. The Kier molecular flexibility index (Phi) is 6.32. The summed E-state index contributed by atoms with van der Waals surface area (Å²) >= 11 is -1.01. The lowest BCUT2D eigenvalue weighted by Gasteiger charge is -2.25. The molecule has 1 aromatic heterocycles. The molecule has 0 radical (unpaired) electrons. The molecule has 0 aliphatic heterocycles. The van der Waals surface area contributed by atoms with Gasteiger partial charge in [0.2, 0.25) is 0 Å². The fraction of sp³-hybridized carbons (Fsp3) is 0.312. The van der Waals surface area contributed by atoms with Crippen molar-refractivity contribution in [3.63, 3.8) is 0 Å². The minimum absolute atomic E-state index is 0.0391. The van der Waals surface area contributed by atoms with E-state index in [9.17, 15) is 13.6 Å². The van der Waals surface area contributed by atoms with Gasteiger partial charge in [-0.05, 0) is 49.1 Å². The lowest BCUT2D eigenvalue weighted by Crippen LogP contribution is -2.30. The number of hydrogen-bond donors (Lipinski definition) is 0. The van der Waals surface area contributed by atoms with E-state index in [0.717, 1.165) is 5.56 Å². The monoisotopic (exact) mass is 351 g/mol. The number of amides is 1. The maximum atomic E-state index is 12.4. The fourth-order valence-electron chi connectivity index (χ4n) is 2.28. The van der Waals surface area contributed by atoms with Gasteiger partial charge in [0.1, 0.15) is 5.00 Å². The van der Waals surface area contributed by atoms with Crippen LogP contribution in [0.15, 0.2) is 41.8 Å². The van der Waals surface area contributed by atoms with E-state index in [4.69, 9.17) is 0 Å². The molecule has 5 nitrogen and oxygen atoms in total. The van der Waals surface area contributed by atoms with Crippen LogP contribution in [0.4, 0.5) is 5.00 Å². The Balaban J connectivity index is 2.22. The van der Waals surface area contributed by atoms with Gasteiger partial charge in [0.15, 0.2) is 0 Å². The SMILES string of the molecule is CCN(CC)C(=O)c1cccc(CN(c2cccs2)S(=O)[O-])c1. The Morgan fingerprint density at radius 3 is 2.52 bits per heavy atom. The van der Waals surface area contributed by atoms with Crippen molar-refractivity contribution in [1.29, 1.82) is 0 Å². The molecule has 1 atom stereocenters. The summed E-state index contributed by atoms with van der Waals surface area (Å²) in [7, 11) is 0. The number of thiophene rings is 1. The number of hydrogen-bond acceptors (Lipinski definition) is 4. The van der Waals surface area contributed by atoms with E-state index in [2.05, 4.69) is 0 Å². The van der Waals surface area contributed by atoms with Crippen LogP contribution in [0, 0.1) is 0 Å². The molecule has 1 unspecified atom stereocenters. The molecule has 0 spiro atoms. The zero-order valence-corrected chi connectivity index (χ0v) is 14.7. The highest BCUT2D eigenvalue weighted by atomic mass is 32.2. The predicted octanol–water partition coefficient (Wildman–Crippen LogP) is 3.03. The molecule has 124 valence electrons. The van der Waals surface area contributed by atoms with E-state index in [-0.39, 0.29) is 12.5 Å². The Bertz CT molecular complexity index is 670. The fourth-order valence-corrected chi connectivity index (χ4v) is 3.69. The third kappa shape index (κ3) is 4.40. The first-order valence-electron chi connectivity index (χ1n) is 7.35. The first-order chi connectivity index (χ1) is 11.1. The van der Waals surface area contributed by atoms with Crippen molar-refractivity contribution in [1.82, 2.24) is 4.90 Å². The van der Waals surface area contributed by atoms with Crippen molar-refractivity contribution >= 4 is 33.5 Å². The molecule has 1 heterocycles. The maximum Gasteiger partial charge on any atom is 0.253 e. The quantitative estimate of drug-likeness (QED) is 0.720. The van der Waals surface area contributed by atoms with Gasteiger partial charge in [0, 0.05) is 29.9 Å². The normalized spacial score (nSPS) is 12.0. The van der Waals surface area contributed by atoms with Gasteiger partial charge in [0.05, 0.1) is 6.54 Å². The molecule has 0 aliphatic rings. The topological polar surface area (TPSA) is 63.7 Å². The minimum Gasteiger partial charge on any atom is -0.755 e. The van der Waals surface area contributed by atoms with Crippen LogP contribution in [0.25, 0.3) is 0 Å². The molecule has 0 bridgehead atoms. The average molecular weight is 351 g/mol. The van der Waals surface area contributed by atoms with Gasteiger partial charge < -0.3 is 9.45 Å². The van der Waals surface area contributed by atoms with Crippen molar-refractivity contribution in [2.24, 2.45) is 0 Å². The number of benzene rings is 1. The molecule has 1 aromatic carbocycles. The van der Waals surface area contributed by atoms with Crippen LogP contribution in [0.3, 0.4) is 0 Å². The number of carbonyl (C=O) groups is 1. The van der Waals surface area contributed by atoms with Crippen molar-refractivity contribution in [3.8, 4) is 0 Å². The van der Waals surface area contributed by atoms with Crippen molar-refractivity contribution in [3.05, 3.63) is 52.9 Å². The summed E-state index contributed by atoms with van der Waals surface area (Å²) in [5.41, 5.74) is 1.36. The standard InChI is InChI=1S/C16H20N2O3S2/c1-3-17(4-2)16(19)14-8-5-7-13(11-14)12-18(23(20)21)15-9-6-10-22-15/h5-11H,3-4,12H2,1-2H3,(H,20,21)/p-1. The zero-order valence-electron chi connectivity index (χ0n) is 13.1. The van der Waals surface area contributed by atoms with Gasteiger partial charge in [-0.1, -0.05) is 12.1 Å². The maximum absolute atomic E-state index is 12.4. The van der Waals surface area contributed by atoms with Crippen LogP contribution in [-0.2, 0) is 17.8 Å². The molecule has 2 aromatic rings. The van der Waals surface area contributed by atoms with Crippen LogP contribution in [0.2, 0.25) is 0 Å². The first-order valence-corrected chi connectivity index (χ1v) is 9.26. The highest BCUT2D eigenvalue weighted by Gasteiger charge is 2.14.